The molecule has 0 fully saturated rings. The first-order chi connectivity index (χ1) is 7.13. The fourth-order valence-corrected chi connectivity index (χ4v) is 0.925. The van der Waals surface area contributed by atoms with Gasteiger partial charge in [0.1, 0.15) is 11.8 Å². The third-order valence-electron chi connectivity index (χ3n) is 1.68. The number of carbonyl (C=O) groups excluding carboxylic acids is 1. The van der Waals surface area contributed by atoms with E-state index in [0.29, 0.717) is 5.56 Å². The predicted octanol–water partition coefficient (Wildman–Crippen LogP) is 0.0639. The van der Waals surface area contributed by atoms with Crippen LogP contribution in [0.3, 0.4) is 0 Å². The van der Waals surface area contributed by atoms with Gasteiger partial charge in [0.2, 0.25) is 0 Å². The zero-order chi connectivity index (χ0) is 11.3. The van der Waals surface area contributed by atoms with Crippen LogP contribution in [0.4, 0.5) is 0 Å². The molecule has 0 aliphatic rings. The molecule has 2 N–H and O–H groups in total. The zero-order valence-electron chi connectivity index (χ0n) is 8.27. The monoisotopic (exact) mass is 205 g/mol. The van der Waals surface area contributed by atoms with Crippen LogP contribution in [0.1, 0.15) is 23.0 Å². The molecule has 1 atom stereocenters. The zero-order valence-corrected chi connectivity index (χ0v) is 8.27. The van der Waals surface area contributed by atoms with E-state index in [9.17, 15) is 4.79 Å². The summed E-state index contributed by atoms with van der Waals surface area (Å²) < 4.78 is 0. The number of aromatic nitrogens is 1. The smallest absolute Gasteiger partial charge is 0.269 e. The summed E-state index contributed by atoms with van der Waals surface area (Å²) in [6.45, 7) is 1.76. The molecule has 0 aliphatic carbocycles. The molecule has 15 heavy (non-hydrogen) atoms. The van der Waals surface area contributed by atoms with Crippen molar-refractivity contribution in [2.24, 2.45) is 0 Å². The van der Waals surface area contributed by atoms with E-state index in [1.807, 2.05) is 6.07 Å². The Kier molecular flexibility index (Phi) is 3.77. The topological polar surface area (TPSA) is 86.0 Å². The Balaban J connectivity index is 2.63. The molecule has 0 aromatic carbocycles. The lowest BCUT2D eigenvalue weighted by molar-refractivity contribution is 0.0919. The molecular formula is C10H11N3O2. The number of rotatable bonds is 3. The maximum atomic E-state index is 11.4. The van der Waals surface area contributed by atoms with Crippen LogP contribution in [0.25, 0.3) is 0 Å². The minimum atomic E-state index is -0.590. The van der Waals surface area contributed by atoms with Crippen molar-refractivity contribution < 1.29 is 9.90 Å². The van der Waals surface area contributed by atoms with Gasteiger partial charge in [-0.1, -0.05) is 0 Å². The number of aliphatic hydroxyl groups excluding tert-OH is 1. The van der Waals surface area contributed by atoms with E-state index in [4.69, 9.17) is 10.4 Å². The average Bonchev–Trinajstić information content (AvgIpc) is 2.26. The van der Waals surface area contributed by atoms with Crippen LogP contribution in [0.5, 0.6) is 0 Å². The van der Waals surface area contributed by atoms with E-state index in [2.05, 4.69) is 10.3 Å². The second-order valence-electron chi connectivity index (χ2n) is 3.10. The number of nitrogens with zero attached hydrogens (tertiary/aromatic N) is 2. The second-order valence-corrected chi connectivity index (χ2v) is 3.10. The highest BCUT2D eigenvalue weighted by Gasteiger charge is 2.07. The number of nitriles is 1. The van der Waals surface area contributed by atoms with E-state index >= 15 is 0 Å². The molecule has 0 spiro atoms. The van der Waals surface area contributed by atoms with E-state index in [0.717, 1.165) is 0 Å². The fraction of sp³-hybridized carbons (Fsp3) is 0.300. The summed E-state index contributed by atoms with van der Waals surface area (Å²) in [6.07, 6.45) is 0.740. The van der Waals surface area contributed by atoms with Gasteiger partial charge < -0.3 is 10.4 Å². The fourth-order valence-electron chi connectivity index (χ4n) is 0.925. The van der Waals surface area contributed by atoms with E-state index < -0.39 is 6.10 Å². The number of pyridine rings is 1. The van der Waals surface area contributed by atoms with Crippen LogP contribution in [-0.2, 0) is 0 Å². The average molecular weight is 205 g/mol. The molecule has 0 radical (unpaired) electrons. The van der Waals surface area contributed by atoms with Gasteiger partial charge in [0.05, 0.1) is 11.7 Å². The minimum absolute atomic E-state index is 0.181. The molecule has 0 aliphatic heterocycles. The Morgan fingerprint density at radius 2 is 2.47 bits per heavy atom. The quantitative estimate of drug-likeness (QED) is 0.730. The second kappa shape index (κ2) is 5.08. The van der Waals surface area contributed by atoms with Crippen LogP contribution in [0, 0.1) is 11.3 Å². The highest BCUT2D eigenvalue weighted by molar-refractivity contribution is 5.92. The Morgan fingerprint density at radius 3 is 2.93 bits per heavy atom. The summed E-state index contributed by atoms with van der Waals surface area (Å²) in [4.78, 5) is 15.2. The van der Waals surface area contributed by atoms with Gasteiger partial charge in [-0.3, -0.25) is 4.79 Å². The number of carbonyl (C=O) groups is 1. The van der Waals surface area contributed by atoms with Gasteiger partial charge in [-0.25, -0.2) is 4.98 Å². The molecule has 1 amide bonds. The Hall–Kier alpha value is -1.93. The van der Waals surface area contributed by atoms with Crippen LogP contribution >= 0.6 is 0 Å². The van der Waals surface area contributed by atoms with Gasteiger partial charge in [-0.15, -0.1) is 0 Å². The molecular weight excluding hydrogens is 194 g/mol. The highest BCUT2D eigenvalue weighted by Crippen LogP contribution is 1.98. The van der Waals surface area contributed by atoms with Crippen molar-refractivity contribution >= 4 is 5.91 Å². The SMILES string of the molecule is C[C@H](O)CNC(=O)c1ccc(C#N)cn1. The van der Waals surface area contributed by atoms with Gasteiger partial charge in [0.15, 0.2) is 0 Å². The van der Waals surface area contributed by atoms with E-state index in [1.165, 1.54) is 18.3 Å². The molecule has 5 nitrogen and oxygen atoms in total. The van der Waals surface area contributed by atoms with Crippen LogP contribution in [0.2, 0.25) is 0 Å². The summed E-state index contributed by atoms with van der Waals surface area (Å²) in [5.74, 6) is -0.361. The lowest BCUT2D eigenvalue weighted by atomic mass is 10.2. The van der Waals surface area contributed by atoms with Crippen molar-refractivity contribution in [2.45, 2.75) is 13.0 Å². The molecule has 1 rings (SSSR count). The Bertz CT molecular complexity index is 379. The molecule has 0 unspecified atom stereocenters. The van der Waals surface area contributed by atoms with Crippen LogP contribution in [-0.4, -0.2) is 28.6 Å². The van der Waals surface area contributed by atoms with E-state index in [-0.39, 0.29) is 18.1 Å². The van der Waals surface area contributed by atoms with Gasteiger partial charge in [-0.2, -0.15) is 5.26 Å². The molecule has 5 heteroatoms. The van der Waals surface area contributed by atoms with Crippen molar-refractivity contribution in [1.29, 1.82) is 5.26 Å². The van der Waals surface area contributed by atoms with E-state index in [1.54, 1.807) is 6.92 Å². The van der Waals surface area contributed by atoms with Crippen LogP contribution in [0.15, 0.2) is 18.3 Å². The molecule has 0 bridgehead atoms. The van der Waals surface area contributed by atoms with Crippen molar-refractivity contribution in [1.82, 2.24) is 10.3 Å². The first-order valence-electron chi connectivity index (χ1n) is 4.46. The maximum absolute atomic E-state index is 11.4. The first kappa shape index (κ1) is 11.1. The Morgan fingerprint density at radius 1 is 1.73 bits per heavy atom. The molecule has 1 aromatic rings. The van der Waals surface area contributed by atoms with Crippen molar-refractivity contribution in [2.75, 3.05) is 6.54 Å². The number of nitrogens with one attached hydrogen (secondary N) is 1. The Labute approximate surface area is 87.4 Å². The molecule has 78 valence electrons. The third kappa shape index (κ3) is 3.37. The molecule has 0 saturated heterocycles. The summed E-state index contributed by atoms with van der Waals surface area (Å²) in [5.41, 5.74) is 0.636. The van der Waals surface area contributed by atoms with Crippen molar-refractivity contribution in [3.8, 4) is 6.07 Å². The molecule has 1 heterocycles. The largest absolute Gasteiger partial charge is 0.392 e. The van der Waals surface area contributed by atoms with Crippen molar-refractivity contribution in [3.63, 3.8) is 0 Å². The van der Waals surface area contributed by atoms with Crippen molar-refractivity contribution in [3.05, 3.63) is 29.6 Å². The van der Waals surface area contributed by atoms with Gasteiger partial charge >= 0.3 is 0 Å². The van der Waals surface area contributed by atoms with Gasteiger partial charge in [0.25, 0.3) is 5.91 Å². The lowest BCUT2D eigenvalue weighted by Crippen LogP contribution is -2.31. The van der Waals surface area contributed by atoms with Gasteiger partial charge in [-0.05, 0) is 19.1 Å². The number of hydrogen-bond acceptors (Lipinski definition) is 4. The van der Waals surface area contributed by atoms with Gasteiger partial charge in [0, 0.05) is 12.7 Å². The number of hydrogen-bond donors (Lipinski definition) is 2. The van der Waals surface area contributed by atoms with Crippen LogP contribution < -0.4 is 5.32 Å². The highest BCUT2D eigenvalue weighted by atomic mass is 16.3. The first-order valence-corrected chi connectivity index (χ1v) is 4.46. The summed E-state index contributed by atoms with van der Waals surface area (Å²) in [5, 5.41) is 20.0. The molecule has 0 saturated carbocycles. The minimum Gasteiger partial charge on any atom is -0.392 e. The molecule has 1 aromatic heterocycles. The number of amides is 1. The maximum Gasteiger partial charge on any atom is 0.269 e. The predicted molar refractivity (Wildman–Crippen MR) is 53.0 cm³/mol. The standard InChI is InChI=1S/C10H11N3O2/c1-7(14)5-13-10(15)9-3-2-8(4-11)6-12-9/h2-3,6-7,14H,5H2,1H3,(H,13,15)/t7-/m0/s1. The lowest BCUT2D eigenvalue weighted by Gasteiger charge is -2.05. The summed E-state index contributed by atoms with van der Waals surface area (Å²) in [6, 6.07) is 4.90. The third-order valence-corrected chi connectivity index (χ3v) is 1.68. The normalized spacial score (nSPS) is 11.5. The number of aliphatic hydroxyl groups is 1. The summed E-state index contributed by atoms with van der Waals surface area (Å²) in [7, 11) is 0. The summed E-state index contributed by atoms with van der Waals surface area (Å²) >= 11 is 0.